The summed E-state index contributed by atoms with van der Waals surface area (Å²) in [6.45, 7) is 2.01. The Balaban J connectivity index is 1.79. The van der Waals surface area contributed by atoms with E-state index >= 15 is 0 Å². The highest BCUT2D eigenvalue weighted by atomic mass is 16.3. The first-order valence-corrected chi connectivity index (χ1v) is 9.63. The van der Waals surface area contributed by atoms with Gasteiger partial charge < -0.3 is 19.7 Å². The molecule has 1 aliphatic carbocycles. The summed E-state index contributed by atoms with van der Waals surface area (Å²) in [6, 6.07) is 9.68. The zero-order chi connectivity index (χ0) is 19.2. The van der Waals surface area contributed by atoms with E-state index in [1.807, 2.05) is 49.2 Å². The Bertz CT molecular complexity index is 821. The number of carbonyl (C=O) groups is 1. The number of likely N-dealkylation sites (tertiary alicyclic amines) is 1. The van der Waals surface area contributed by atoms with Crippen LogP contribution in [0.1, 0.15) is 54.7 Å². The second kappa shape index (κ2) is 6.77. The third kappa shape index (κ3) is 2.97. The van der Waals surface area contributed by atoms with Gasteiger partial charge in [0.15, 0.2) is 0 Å². The molecule has 2 N–H and O–H groups in total. The number of aliphatic hydroxyl groups excluding tert-OH is 2. The number of benzene rings is 1. The van der Waals surface area contributed by atoms with Crippen molar-refractivity contribution in [1.82, 2.24) is 14.5 Å². The highest BCUT2D eigenvalue weighted by Gasteiger charge is 2.57. The Morgan fingerprint density at radius 1 is 1.22 bits per heavy atom. The van der Waals surface area contributed by atoms with Crippen molar-refractivity contribution < 1.29 is 15.0 Å². The van der Waals surface area contributed by atoms with Gasteiger partial charge in [-0.05, 0) is 31.2 Å². The van der Waals surface area contributed by atoms with Crippen LogP contribution in [0.3, 0.4) is 0 Å². The van der Waals surface area contributed by atoms with E-state index in [1.54, 1.807) is 17.1 Å². The summed E-state index contributed by atoms with van der Waals surface area (Å²) in [4.78, 5) is 19.6. The fraction of sp³-hybridized carbons (Fsp3) is 0.524. The van der Waals surface area contributed by atoms with Crippen LogP contribution in [-0.4, -0.2) is 48.8 Å². The van der Waals surface area contributed by atoms with Crippen LogP contribution in [0, 0.1) is 5.41 Å². The highest BCUT2D eigenvalue weighted by Crippen LogP contribution is 2.53. The molecule has 1 aliphatic heterocycles. The first-order valence-electron chi connectivity index (χ1n) is 9.63. The van der Waals surface area contributed by atoms with Gasteiger partial charge in [-0.3, -0.25) is 4.79 Å². The number of aryl methyl sites for hydroxylation is 1. The van der Waals surface area contributed by atoms with E-state index < -0.39 is 17.6 Å². The Morgan fingerprint density at radius 3 is 2.63 bits per heavy atom. The average Bonchev–Trinajstić information content (AvgIpc) is 3.21. The SMILES string of the molecule is Cn1cnc(C(=O)N2[C@@H](c3ccccc3)C[C@@]3(C)[C@H](O)[C@H](O)CCC[C@@H]23)c1. The quantitative estimate of drug-likeness (QED) is 0.851. The number of fused-ring (bicyclic) bond motifs is 1. The minimum atomic E-state index is -0.849. The molecule has 27 heavy (non-hydrogen) atoms. The standard InChI is InChI=1S/C21H27N3O3/c1-21-11-16(14-7-4-3-5-8-14)24(20(27)15-12-23(2)13-22-15)18(21)10-6-9-17(25)19(21)26/h3-5,7-8,12-13,16-19,25-26H,6,9-11H2,1-2H3/t16-,17-,18-,19-,21-/m1/s1. The van der Waals surface area contributed by atoms with E-state index in [2.05, 4.69) is 4.98 Å². The monoisotopic (exact) mass is 369 g/mol. The molecule has 1 aromatic carbocycles. The van der Waals surface area contributed by atoms with Crippen LogP contribution >= 0.6 is 0 Å². The second-order valence-electron chi connectivity index (χ2n) is 8.23. The van der Waals surface area contributed by atoms with Gasteiger partial charge >= 0.3 is 0 Å². The summed E-state index contributed by atoms with van der Waals surface area (Å²) in [5.74, 6) is -0.109. The number of imidazole rings is 1. The van der Waals surface area contributed by atoms with Gasteiger partial charge in [-0.2, -0.15) is 0 Å². The van der Waals surface area contributed by atoms with Gasteiger partial charge in [0.2, 0.25) is 0 Å². The highest BCUT2D eigenvalue weighted by molar-refractivity contribution is 5.93. The maximum Gasteiger partial charge on any atom is 0.274 e. The van der Waals surface area contributed by atoms with Crippen LogP contribution in [0.15, 0.2) is 42.9 Å². The van der Waals surface area contributed by atoms with Crippen LogP contribution in [-0.2, 0) is 7.05 Å². The molecular weight excluding hydrogens is 342 g/mol. The summed E-state index contributed by atoms with van der Waals surface area (Å²) in [5.41, 5.74) is 0.917. The topological polar surface area (TPSA) is 78.6 Å². The van der Waals surface area contributed by atoms with Crippen LogP contribution in [0.25, 0.3) is 0 Å². The summed E-state index contributed by atoms with van der Waals surface area (Å²) in [6.07, 6.45) is 4.51. The Labute approximate surface area is 159 Å². The van der Waals surface area contributed by atoms with E-state index in [9.17, 15) is 15.0 Å². The molecular formula is C21H27N3O3. The first-order chi connectivity index (χ1) is 12.9. The van der Waals surface area contributed by atoms with Crippen molar-refractivity contribution in [3.8, 4) is 0 Å². The maximum absolute atomic E-state index is 13.4. The molecule has 1 aromatic heterocycles. The number of aromatic nitrogens is 2. The summed E-state index contributed by atoms with van der Waals surface area (Å²) < 4.78 is 1.77. The number of amides is 1. The zero-order valence-corrected chi connectivity index (χ0v) is 15.8. The molecule has 0 radical (unpaired) electrons. The van der Waals surface area contributed by atoms with Crippen LogP contribution < -0.4 is 0 Å². The average molecular weight is 369 g/mol. The largest absolute Gasteiger partial charge is 0.390 e. The third-order valence-corrected chi connectivity index (χ3v) is 6.43. The molecule has 1 amide bonds. The number of carbonyl (C=O) groups excluding carboxylic acids is 1. The van der Waals surface area contributed by atoms with Crippen LogP contribution in [0.2, 0.25) is 0 Å². The molecule has 4 rings (SSSR count). The fourth-order valence-electron chi connectivity index (χ4n) is 4.98. The van der Waals surface area contributed by atoms with Crippen molar-refractivity contribution >= 4 is 5.91 Å². The normalized spacial score (nSPS) is 33.6. The van der Waals surface area contributed by atoms with Gasteiger partial charge in [-0.25, -0.2) is 4.98 Å². The molecule has 6 heteroatoms. The van der Waals surface area contributed by atoms with Gasteiger partial charge in [0.05, 0.1) is 24.6 Å². The van der Waals surface area contributed by atoms with Crippen molar-refractivity contribution in [3.63, 3.8) is 0 Å². The Hall–Kier alpha value is -2.18. The maximum atomic E-state index is 13.4. The molecule has 2 aliphatic rings. The van der Waals surface area contributed by atoms with E-state index in [-0.39, 0.29) is 18.0 Å². The molecule has 1 saturated heterocycles. The molecule has 2 fully saturated rings. The molecule has 0 spiro atoms. The summed E-state index contributed by atoms with van der Waals surface area (Å²) in [7, 11) is 1.85. The Kier molecular flexibility index (Phi) is 4.56. The summed E-state index contributed by atoms with van der Waals surface area (Å²) in [5, 5.41) is 21.3. The number of aliphatic hydroxyl groups is 2. The lowest BCUT2D eigenvalue weighted by molar-refractivity contribution is -0.0613. The molecule has 0 unspecified atom stereocenters. The smallest absolute Gasteiger partial charge is 0.274 e. The van der Waals surface area contributed by atoms with Crippen molar-refractivity contribution in [2.45, 2.75) is 56.9 Å². The lowest BCUT2D eigenvalue weighted by atomic mass is 9.74. The van der Waals surface area contributed by atoms with E-state index in [0.717, 1.165) is 18.4 Å². The van der Waals surface area contributed by atoms with E-state index in [4.69, 9.17) is 0 Å². The Morgan fingerprint density at radius 2 is 1.96 bits per heavy atom. The third-order valence-electron chi connectivity index (χ3n) is 6.43. The first kappa shape index (κ1) is 18.2. The predicted molar refractivity (Wildman–Crippen MR) is 101 cm³/mol. The second-order valence-corrected chi connectivity index (χ2v) is 8.23. The molecule has 144 valence electrons. The lowest BCUT2D eigenvalue weighted by Crippen LogP contribution is -2.49. The van der Waals surface area contributed by atoms with Crippen molar-refractivity contribution in [1.29, 1.82) is 0 Å². The number of hydrogen-bond donors (Lipinski definition) is 2. The van der Waals surface area contributed by atoms with Gasteiger partial charge in [0.25, 0.3) is 5.91 Å². The van der Waals surface area contributed by atoms with Gasteiger partial charge in [0.1, 0.15) is 5.69 Å². The van der Waals surface area contributed by atoms with Crippen LogP contribution in [0.5, 0.6) is 0 Å². The minimum absolute atomic E-state index is 0.109. The molecule has 6 nitrogen and oxygen atoms in total. The van der Waals surface area contributed by atoms with E-state index in [1.165, 1.54) is 0 Å². The number of rotatable bonds is 2. The molecule has 5 atom stereocenters. The van der Waals surface area contributed by atoms with Crippen LogP contribution in [0.4, 0.5) is 0 Å². The molecule has 2 heterocycles. The number of hydrogen-bond acceptors (Lipinski definition) is 4. The van der Waals surface area contributed by atoms with Gasteiger partial charge in [-0.1, -0.05) is 37.3 Å². The number of nitrogens with zero attached hydrogens (tertiary/aromatic N) is 3. The molecule has 1 saturated carbocycles. The van der Waals surface area contributed by atoms with E-state index in [0.29, 0.717) is 18.5 Å². The predicted octanol–water partition coefficient (Wildman–Crippen LogP) is 2.29. The van der Waals surface area contributed by atoms with Crippen molar-refractivity contribution in [3.05, 3.63) is 54.1 Å². The van der Waals surface area contributed by atoms with Crippen molar-refractivity contribution in [2.75, 3.05) is 0 Å². The van der Waals surface area contributed by atoms with Gasteiger partial charge in [0, 0.05) is 24.7 Å². The summed E-state index contributed by atoms with van der Waals surface area (Å²) >= 11 is 0. The molecule has 0 bridgehead atoms. The molecule has 2 aromatic rings. The lowest BCUT2D eigenvalue weighted by Gasteiger charge is -2.38. The minimum Gasteiger partial charge on any atom is -0.390 e. The zero-order valence-electron chi connectivity index (χ0n) is 15.8. The fourth-order valence-corrected chi connectivity index (χ4v) is 4.98. The van der Waals surface area contributed by atoms with Gasteiger partial charge in [-0.15, -0.1) is 0 Å². The van der Waals surface area contributed by atoms with Crippen molar-refractivity contribution in [2.24, 2.45) is 12.5 Å².